The van der Waals surface area contributed by atoms with Gasteiger partial charge in [-0.1, -0.05) is 34.8 Å². The van der Waals surface area contributed by atoms with Crippen LogP contribution in [0.4, 0.5) is 32.3 Å². The van der Waals surface area contributed by atoms with Crippen molar-refractivity contribution in [2.75, 3.05) is 18.5 Å². The molecule has 1 fully saturated rings. The van der Waals surface area contributed by atoms with Crippen molar-refractivity contribution in [3.8, 4) is 0 Å². The standard InChI is InChI=1S/C18H15Cl3F6N4O/c1-28-6-8-7-29-15(30-13(8)17(22,23)24)31-3-2-16(14(31)32,18(25,26)27)9-4-10(19)12(21)11(20)5-9/h4-5,7,14,28,32H,2-3,6H2,1H3. The number of nitrogens with one attached hydrogen (secondary N) is 1. The van der Waals surface area contributed by atoms with E-state index >= 15 is 0 Å². The predicted octanol–water partition coefficient (Wildman–Crippen LogP) is 5.20. The Balaban J connectivity index is 2.12. The third-order valence-corrected chi connectivity index (χ3v) is 6.43. The summed E-state index contributed by atoms with van der Waals surface area (Å²) in [4.78, 5) is 7.87. The van der Waals surface area contributed by atoms with Gasteiger partial charge in [-0.3, -0.25) is 0 Å². The molecule has 14 heteroatoms. The lowest BCUT2D eigenvalue weighted by Crippen LogP contribution is -2.52. The molecule has 1 aliphatic heterocycles. The van der Waals surface area contributed by atoms with Crippen molar-refractivity contribution in [2.24, 2.45) is 0 Å². The fraction of sp³-hybridized carbons (Fsp3) is 0.444. The lowest BCUT2D eigenvalue weighted by Gasteiger charge is -2.37. The van der Waals surface area contributed by atoms with Gasteiger partial charge in [0.05, 0.1) is 15.1 Å². The molecule has 0 spiro atoms. The fourth-order valence-electron chi connectivity index (χ4n) is 3.68. The molecular formula is C18H15Cl3F6N4O. The maximum atomic E-state index is 14.3. The quantitative estimate of drug-likeness (QED) is 0.426. The molecule has 0 radical (unpaired) electrons. The van der Waals surface area contributed by atoms with E-state index in [2.05, 4.69) is 15.3 Å². The number of benzene rings is 1. The van der Waals surface area contributed by atoms with Crippen LogP contribution in [0.25, 0.3) is 0 Å². The molecule has 1 aliphatic rings. The summed E-state index contributed by atoms with van der Waals surface area (Å²) in [5, 5.41) is 12.6. The van der Waals surface area contributed by atoms with Crippen LogP contribution in [0.2, 0.25) is 15.1 Å². The average Bonchev–Trinajstić information content (AvgIpc) is 3.03. The summed E-state index contributed by atoms with van der Waals surface area (Å²) in [6.45, 7) is -0.701. The van der Waals surface area contributed by atoms with Crippen LogP contribution >= 0.6 is 34.8 Å². The monoisotopic (exact) mass is 522 g/mol. The Labute approximate surface area is 193 Å². The number of rotatable bonds is 4. The first kappa shape index (κ1) is 25.1. The molecule has 0 aliphatic carbocycles. The van der Waals surface area contributed by atoms with Gasteiger partial charge in [-0.15, -0.1) is 0 Å². The largest absolute Gasteiger partial charge is 0.433 e. The number of aliphatic hydroxyl groups excluding tert-OH is 1. The summed E-state index contributed by atoms with van der Waals surface area (Å²) in [5.74, 6) is -0.693. The Kier molecular flexibility index (Phi) is 6.81. The maximum absolute atomic E-state index is 14.3. The number of hydrogen-bond donors (Lipinski definition) is 2. The molecule has 3 rings (SSSR count). The van der Waals surface area contributed by atoms with Crippen molar-refractivity contribution in [3.63, 3.8) is 0 Å². The molecule has 0 saturated carbocycles. The van der Waals surface area contributed by atoms with Crippen LogP contribution in [-0.2, 0) is 18.1 Å². The number of aromatic nitrogens is 2. The Bertz CT molecular complexity index is 996. The number of anilines is 1. The van der Waals surface area contributed by atoms with Gasteiger partial charge in [0.15, 0.2) is 5.69 Å². The fourth-order valence-corrected chi connectivity index (χ4v) is 4.28. The zero-order valence-corrected chi connectivity index (χ0v) is 18.4. The smallest absolute Gasteiger partial charge is 0.372 e. The van der Waals surface area contributed by atoms with Crippen molar-refractivity contribution < 1.29 is 31.4 Å². The Morgan fingerprint density at radius 3 is 2.25 bits per heavy atom. The molecule has 1 aromatic heterocycles. The van der Waals surface area contributed by atoms with Crippen LogP contribution in [0.15, 0.2) is 18.3 Å². The third-order valence-electron chi connectivity index (χ3n) is 5.23. The van der Waals surface area contributed by atoms with Crippen LogP contribution in [0, 0.1) is 0 Å². The van der Waals surface area contributed by atoms with Crippen molar-refractivity contribution in [1.29, 1.82) is 0 Å². The minimum Gasteiger partial charge on any atom is -0.372 e. The lowest BCUT2D eigenvalue weighted by atomic mass is 9.77. The van der Waals surface area contributed by atoms with Crippen molar-refractivity contribution in [3.05, 3.63) is 50.2 Å². The maximum Gasteiger partial charge on any atom is 0.433 e. The van der Waals surface area contributed by atoms with Gasteiger partial charge in [-0.05, 0) is 31.2 Å². The van der Waals surface area contributed by atoms with Crippen LogP contribution in [0.1, 0.15) is 23.2 Å². The van der Waals surface area contributed by atoms with Crippen LogP contribution < -0.4 is 10.2 Å². The van der Waals surface area contributed by atoms with E-state index in [-0.39, 0.29) is 27.2 Å². The van der Waals surface area contributed by atoms with Gasteiger partial charge < -0.3 is 15.3 Å². The second kappa shape index (κ2) is 8.68. The molecule has 32 heavy (non-hydrogen) atoms. The summed E-state index contributed by atoms with van der Waals surface area (Å²) in [6, 6.07) is 1.85. The highest BCUT2D eigenvalue weighted by Crippen LogP contribution is 2.53. The van der Waals surface area contributed by atoms with Gasteiger partial charge in [0, 0.05) is 24.8 Å². The normalized spacial score (nSPS) is 22.0. The van der Waals surface area contributed by atoms with E-state index in [0.29, 0.717) is 4.90 Å². The van der Waals surface area contributed by atoms with Gasteiger partial charge in [-0.25, -0.2) is 9.97 Å². The summed E-state index contributed by atoms with van der Waals surface area (Å²) in [6.07, 6.45) is -12.1. The van der Waals surface area contributed by atoms with Gasteiger partial charge in [-0.2, -0.15) is 26.3 Å². The molecule has 1 aromatic carbocycles. The molecular weight excluding hydrogens is 509 g/mol. The minimum atomic E-state index is -5.03. The van der Waals surface area contributed by atoms with Crippen molar-refractivity contribution in [1.82, 2.24) is 15.3 Å². The zero-order valence-electron chi connectivity index (χ0n) is 16.1. The molecule has 1 saturated heterocycles. The Hall–Kier alpha value is -1.53. The summed E-state index contributed by atoms with van der Waals surface area (Å²) >= 11 is 17.6. The van der Waals surface area contributed by atoms with Crippen LogP contribution in [0.3, 0.4) is 0 Å². The van der Waals surface area contributed by atoms with E-state index in [1.165, 1.54) is 7.05 Å². The Morgan fingerprint density at radius 1 is 1.16 bits per heavy atom. The van der Waals surface area contributed by atoms with E-state index in [1.54, 1.807) is 0 Å². The number of nitrogens with zero attached hydrogens (tertiary/aromatic N) is 3. The van der Waals surface area contributed by atoms with Crippen molar-refractivity contribution >= 4 is 40.8 Å². The van der Waals surface area contributed by atoms with E-state index in [4.69, 9.17) is 34.8 Å². The van der Waals surface area contributed by atoms with Crippen LogP contribution in [-0.4, -0.2) is 41.1 Å². The second-order valence-corrected chi connectivity index (χ2v) is 8.30. The number of halogens is 9. The number of hydrogen-bond acceptors (Lipinski definition) is 5. The van der Waals surface area contributed by atoms with Gasteiger partial charge in [0.25, 0.3) is 0 Å². The average molecular weight is 524 g/mol. The highest BCUT2D eigenvalue weighted by molar-refractivity contribution is 6.48. The lowest BCUT2D eigenvalue weighted by molar-refractivity contribution is -0.210. The predicted molar refractivity (Wildman–Crippen MR) is 107 cm³/mol. The second-order valence-electron chi connectivity index (χ2n) is 7.11. The molecule has 2 atom stereocenters. The molecule has 5 nitrogen and oxygen atoms in total. The summed E-state index contributed by atoms with van der Waals surface area (Å²) < 4.78 is 83.3. The Morgan fingerprint density at radius 2 is 1.75 bits per heavy atom. The SMILES string of the molecule is CNCc1cnc(N2CCC(c3cc(Cl)c(Cl)c(Cl)c3)(C(F)(F)F)C2O)nc1C(F)(F)F. The third kappa shape index (κ3) is 4.21. The molecule has 2 heterocycles. The topological polar surface area (TPSA) is 61.3 Å². The van der Waals surface area contributed by atoms with Crippen molar-refractivity contribution in [2.45, 2.75) is 37.0 Å². The highest BCUT2D eigenvalue weighted by Gasteiger charge is 2.65. The van der Waals surface area contributed by atoms with Gasteiger partial charge in [0.2, 0.25) is 5.95 Å². The first-order chi connectivity index (χ1) is 14.7. The zero-order chi connectivity index (χ0) is 24.1. The minimum absolute atomic E-state index is 0.169. The molecule has 0 amide bonds. The molecule has 176 valence electrons. The van der Waals surface area contributed by atoms with Gasteiger partial charge >= 0.3 is 12.4 Å². The first-order valence-corrected chi connectivity index (χ1v) is 10.1. The van der Waals surface area contributed by atoms with E-state index in [9.17, 15) is 31.4 Å². The van der Waals surface area contributed by atoms with Gasteiger partial charge in [0.1, 0.15) is 11.6 Å². The highest BCUT2D eigenvalue weighted by atomic mass is 35.5. The molecule has 0 bridgehead atoms. The number of aliphatic hydroxyl groups is 1. The molecule has 2 aromatic rings. The van der Waals surface area contributed by atoms with E-state index in [0.717, 1.165) is 18.3 Å². The molecule has 2 N–H and O–H groups in total. The summed E-state index contributed by atoms with van der Waals surface area (Å²) in [5.41, 5.74) is -5.01. The van der Waals surface area contributed by atoms with Crippen LogP contribution in [0.5, 0.6) is 0 Å². The number of alkyl halides is 6. The van der Waals surface area contributed by atoms with E-state index < -0.39 is 54.2 Å². The van der Waals surface area contributed by atoms with E-state index in [1.807, 2.05) is 0 Å². The molecule has 2 unspecified atom stereocenters. The first-order valence-electron chi connectivity index (χ1n) is 8.98. The summed E-state index contributed by atoms with van der Waals surface area (Å²) in [7, 11) is 1.42.